The van der Waals surface area contributed by atoms with Crippen LogP contribution in [0.25, 0.3) is 0 Å². The van der Waals surface area contributed by atoms with Crippen LogP contribution in [0.1, 0.15) is 5.56 Å². The van der Waals surface area contributed by atoms with Crippen LogP contribution in [0, 0.1) is 11.6 Å². The molecule has 0 amide bonds. The van der Waals surface area contributed by atoms with Gasteiger partial charge in [0.1, 0.15) is 17.5 Å². The summed E-state index contributed by atoms with van der Waals surface area (Å²) in [6.45, 7) is 4.18. The van der Waals surface area contributed by atoms with Crippen molar-refractivity contribution < 1.29 is 8.78 Å². The molecule has 2 heterocycles. The first-order valence-electron chi connectivity index (χ1n) is 8.41. The van der Waals surface area contributed by atoms with Gasteiger partial charge >= 0.3 is 0 Å². The zero-order chi connectivity index (χ0) is 18.5. The minimum Gasteiger partial charge on any atom is -0.370 e. The van der Waals surface area contributed by atoms with Crippen molar-refractivity contribution >= 4 is 17.5 Å². The van der Waals surface area contributed by atoms with Gasteiger partial charge in [0.15, 0.2) is 5.96 Å². The van der Waals surface area contributed by atoms with Gasteiger partial charge in [-0.25, -0.2) is 18.8 Å². The van der Waals surface area contributed by atoms with Crippen LogP contribution >= 0.6 is 0 Å². The summed E-state index contributed by atoms with van der Waals surface area (Å²) in [4.78, 5) is 13.1. The van der Waals surface area contributed by atoms with Gasteiger partial charge in [0.05, 0.1) is 12.2 Å². The van der Waals surface area contributed by atoms with Gasteiger partial charge < -0.3 is 20.9 Å². The number of nitrogens with one attached hydrogen (secondary N) is 1. The van der Waals surface area contributed by atoms with Gasteiger partial charge in [-0.3, -0.25) is 0 Å². The molecular formula is C18H22F2N6. The first-order valence-corrected chi connectivity index (χ1v) is 8.41. The Bertz CT molecular complexity index is 787. The SMILES string of the molecule is CN1CCN(c2cc(CN=C(N)Nc3cc(F)ccc3F)ccn2)CC1. The summed E-state index contributed by atoms with van der Waals surface area (Å²) >= 11 is 0. The van der Waals surface area contributed by atoms with E-state index in [1.54, 1.807) is 6.20 Å². The second kappa shape index (κ2) is 8.09. The highest BCUT2D eigenvalue weighted by Gasteiger charge is 2.15. The molecule has 0 spiro atoms. The van der Waals surface area contributed by atoms with Crippen molar-refractivity contribution in [2.75, 3.05) is 43.4 Å². The summed E-state index contributed by atoms with van der Waals surface area (Å²) in [7, 11) is 2.10. The van der Waals surface area contributed by atoms with Crippen molar-refractivity contribution in [2.45, 2.75) is 6.54 Å². The van der Waals surface area contributed by atoms with E-state index in [2.05, 4.69) is 32.1 Å². The molecule has 1 fully saturated rings. The van der Waals surface area contributed by atoms with E-state index in [1.165, 1.54) is 0 Å². The Morgan fingerprint density at radius 2 is 1.96 bits per heavy atom. The monoisotopic (exact) mass is 360 g/mol. The molecule has 0 atom stereocenters. The number of pyridine rings is 1. The molecule has 26 heavy (non-hydrogen) atoms. The lowest BCUT2D eigenvalue weighted by molar-refractivity contribution is 0.312. The van der Waals surface area contributed by atoms with Gasteiger partial charge in [-0.1, -0.05) is 0 Å². The Kier molecular flexibility index (Phi) is 5.62. The van der Waals surface area contributed by atoms with E-state index in [9.17, 15) is 8.78 Å². The van der Waals surface area contributed by atoms with Crippen LogP contribution in [-0.4, -0.2) is 49.1 Å². The molecule has 3 rings (SSSR count). The third-order valence-corrected chi connectivity index (χ3v) is 4.26. The maximum atomic E-state index is 13.6. The number of nitrogens with two attached hydrogens (primary N) is 1. The fraction of sp³-hybridized carbons (Fsp3) is 0.333. The fourth-order valence-electron chi connectivity index (χ4n) is 2.71. The summed E-state index contributed by atoms with van der Waals surface area (Å²) in [6, 6.07) is 6.96. The van der Waals surface area contributed by atoms with Crippen molar-refractivity contribution in [1.82, 2.24) is 9.88 Å². The third kappa shape index (κ3) is 4.66. The van der Waals surface area contributed by atoms with E-state index in [0.717, 1.165) is 55.8 Å². The molecule has 0 saturated carbocycles. The van der Waals surface area contributed by atoms with Gasteiger partial charge in [0.25, 0.3) is 0 Å². The van der Waals surface area contributed by atoms with Crippen molar-refractivity contribution in [3.63, 3.8) is 0 Å². The van der Waals surface area contributed by atoms with Crippen molar-refractivity contribution in [3.05, 3.63) is 53.7 Å². The average molecular weight is 360 g/mol. The zero-order valence-electron chi connectivity index (χ0n) is 14.6. The number of piperazine rings is 1. The normalized spacial score (nSPS) is 16.0. The standard InChI is InChI=1S/C18H22F2N6/c1-25-6-8-26(9-7-25)17-10-13(4-5-22-17)12-23-18(21)24-16-11-14(19)2-3-15(16)20/h2-5,10-11H,6-9,12H2,1H3,(H3,21,23,24). The van der Waals surface area contributed by atoms with Crippen LogP contribution in [-0.2, 0) is 6.54 Å². The summed E-state index contributed by atoms with van der Waals surface area (Å²) in [6.07, 6.45) is 1.74. The molecule has 1 aromatic carbocycles. The fourth-order valence-corrected chi connectivity index (χ4v) is 2.71. The number of aliphatic imine (C=N–C) groups is 1. The summed E-state index contributed by atoms with van der Waals surface area (Å²) in [5, 5.41) is 2.59. The second-order valence-electron chi connectivity index (χ2n) is 6.26. The van der Waals surface area contributed by atoms with Gasteiger partial charge in [0, 0.05) is 38.4 Å². The van der Waals surface area contributed by atoms with Crippen LogP contribution in [0.3, 0.4) is 0 Å². The minimum absolute atomic E-state index is 0.0208. The lowest BCUT2D eigenvalue weighted by Crippen LogP contribution is -2.44. The number of rotatable bonds is 4. The number of likely N-dealkylation sites (N-methyl/N-ethyl adjacent to an activating group) is 1. The van der Waals surface area contributed by atoms with Crippen LogP contribution in [0.15, 0.2) is 41.5 Å². The third-order valence-electron chi connectivity index (χ3n) is 4.26. The molecule has 8 heteroatoms. The van der Waals surface area contributed by atoms with Gasteiger partial charge in [-0.2, -0.15) is 0 Å². The highest BCUT2D eigenvalue weighted by atomic mass is 19.1. The van der Waals surface area contributed by atoms with Crippen molar-refractivity contribution in [3.8, 4) is 0 Å². The first kappa shape index (κ1) is 18.1. The molecule has 3 N–H and O–H groups in total. The number of benzene rings is 1. The number of aromatic nitrogens is 1. The lowest BCUT2D eigenvalue weighted by atomic mass is 10.2. The largest absolute Gasteiger partial charge is 0.370 e. The smallest absolute Gasteiger partial charge is 0.193 e. The average Bonchev–Trinajstić information content (AvgIpc) is 2.64. The molecule has 1 saturated heterocycles. The topological polar surface area (TPSA) is 69.8 Å². The van der Waals surface area contributed by atoms with Gasteiger partial charge in [0.2, 0.25) is 0 Å². The molecular weight excluding hydrogens is 338 g/mol. The summed E-state index contributed by atoms with van der Waals surface area (Å²) in [5.74, 6) is -0.209. The van der Waals surface area contributed by atoms with E-state index < -0.39 is 11.6 Å². The molecule has 138 valence electrons. The Balaban J connectivity index is 1.64. The Morgan fingerprint density at radius 3 is 2.73 bits per heavy atom. The van der Waals surface area contributed by atoms with Crippen LogP contribution in [0.2, 0.25) is 0 Å². The van der Waals surface area contributed by atoms with Crippen LogP contribution in [0.5, 0.6) is 0 Å². The lowest BCUT2D eigenvalue weighted by Gasteiger charge is -2.33. The number of hydrogen-bond acceptors (Lipinski definition) is 4. The number of hydrogen-bond donors (Lipinski definition) is 2. The maximum Gasteiger partial charge on any atom is 0.193 e. The van der Waals surface area contributed by atoms with Crippen molar-refractivity contribution in [1.29, 1.82) is 0 Å². The van der Waals surface area contributed by atoms with Gasteiger partial charge in [-0.15, -0.1) is 0 Å². The Labute approximate surface area is 151 Å². The number of anilines is 2. The first-order chi connectivity index (χ1) is 12.5. The van der Waals surface area contributed by atoms with Crippen LogP contribution < -0.4 is 16.0 Å². The van der Waals surface area contributed by atoms with Gasteiger partial charge in [-0.05, 0) is 36.9 Å². The van der Waals surface area contributed by atoms with Crippen LogP contribution in [0.4, 0.5) is 20.3 Å². The Morgan fingerprint density at radius 1 is 1.19 bits per heavy atom. The highest BCUT2D eigenvalue weighted by molar-refractivity contribution is 5.92. The number of guanidine groups is 1. The molecule has 1 aliphatic rings. The predicted molar refractivity (Wildman–Crippen MR) is 99.3 cm³/mol. The van der Waals surface area contributed by atoms with E-state index >= 15 is 0 Å². The molecule has 6 nitrogen and oxygen atoms in total. The second-order valence-corrected chi connectivity index (χ2v) is 6.26. The molecule has 1 aliphatic heterocycles. The predicted octanol–water partition coefficient (Wildman–Crippen LogP) is 2.04. The molecule has 1 aromatic heterocycles. The van der Waals surface area contributed by atoms with E-state index in [0.29, 0.717) is 6.54 Å². The van der Waals surface area contributed by atoms with E-state index in [4.69, 9.17) is 5.73 Å². The molecule has 2 aromatic rings. The molecule has 0 unspecified atom stereocenters. The molecule has 0 radical (unpaired) electrons. The molecule has 0 bridgehead atoms. The maximum absolute atomic E-state index is 13.6. The number of nitrogens with zero attached hydrogens (tertiary/aromatic N) is 4. The Hall–Kier alpha value is -2.74. The quantitative estimate of drug-likeness (QED) is 0.645. The van der Waals surface area contributed by atoms with Crippen molar-refractivity contribution in [2.24, 2.45) is 10.7 Å². The van der Waals surface area contributed by atoms with E-state index in [-0.39, 0.29) is 11.6 Å². The molecule has 0 aliphatic carbocycles. The summed E-state index contributed by atoms with van der Waals surface area (Å²) < 4.78 is 26.8. The minimum atomic E-state index is -0.592. The number of halogens is 2. The zero-order valence-corrected chi connectivity index (χ0v) is 14.6. The highest BCUT2D eigenvalue weighted by Crippen LogP contribution is 2.16. The van der Waals surface area contributed by atoms with E-state index in [1.807, 2.05) is 12.1 Å². The summed E-state index contributed by atoms with van der Waals surface area (Å²) in [5.41, 5.74) is 6.69.